The van der Waals surface area contributed by atoms with E-state index in [0.717, 1.165) is 82.3 Å². The molecule has 4 aromatic carbocycles. The Labute approximate surface area is 178 Å². The first kappa shape index (κ1) is 20.3. The van der Waals surface area contributed by atoms with Crippen LogP contribution >= 0.6 is 0 Å². The van der Waals surface area contributed by atoms with Crippen molar-refractivity contribution in [1.82, 2.24) is 0 Å². The van der Waals surface area contributed by atoms with Crippen molar-refractivity contribution in [3.8, 4) is 22.6 Å². The molecule has 0 saturated carbocycles. The predicted molar refractivity (Wildman–Crippen MR) is 127 cm³/mol. The van der Waals surface area contributed by atoms with Gasteiger partial charge in [0.25, 0.3) is 0 Å². The zero-order valence-electron chi connectivity index (χ0n) is 17.9. The molecule has 4 rings (SSSR count). The average molecular weight is 399 g/mol. The van der Waals surface area contributed by atoms with Crippen molar-refractivity contribution >= 4 is 21.5 Å². The Morgan fingerprint density at radius 2 is 1.00 bits per heavy atom. The fraction of sp³-hybridized carbons (Fsp3) is 0.286. The minimum Gasteiger partial charge on any atom is -0.507 e. The van der Waals surface area contributed by atoms with Gasteiger partial charge in [0, 0.05) is 11.1 Å². The SMILES string of the molecule is CCCCc1cc2ccccc2c(-c2c(O)c(CCCC)cc3ccccc23)c1O. The third-order valence-corrected chi connectivity index (χ3v) is 6.05. The summed E-state index contributed by atoms with van der Waals surface area (Å²) in [5.41, 5.74) is 3.42. The highest BCUT2D eigenvalue weighted by Crippen LogP contribution is 2.47. The van der Waals surface area contributed by atoms with E-state index >= 15 is 0 Å². The summed E-state index contributed by atoms with van der Waals surface area (Å²) in [6.07, 6.45) is 5.84. The van der Waals surface area contributed by atoms with Gasteiger partial charge in [-0.3, -0.25) is 0 Å². The Kier molecular flexibility index (Phi) is 5.94. The summed E-state index contributed by atoms with van der Waals surface area (Å²) < 4.78 is 0. The van der Waals surface area contributed by atoms with E-state index in [1.165, 1.54) is 0 Å². The number of phenols is 2. The number of phenolic OH excluding ortho intramolecular Hbond substituents is 2. The molecule has 2 N–H and O–H groups in total. The van der Waals surface area contributed by atoms with Crippen LogP contribution in [0.1, 0.15) is 50.7 Å². The molecule has 0 bridgehead atoms. The minimum absolute atomic E-state index is 0.301. The molecule has 0 aliphatic rings. The van der Waals surface area contributed by atoms with Gasteiger partial charge in [0.15, 0.2) is 0 Å². The predicted octanol–water partition coefficient (Wildman–Crippen LogP) is 7.76. The molecule has 2 nitrogen and oxygen atoms in total. The topological polar surface area (TPSA) is 40.5 Å². The summed E-state index contributed by atoms with van der Waals surface area (Å²) in [7, 11) is 0. The van der Waals surface area contributed by atoms with Gasteiger partial charge in [0.1, 0.15) is 11.5 Å². The lowest BCUT2D eigenvalue weighted by Gasteiger charge is -2.19. The van der Waals surface area contributed by atoms with E-state index in [1.807, 2.05) is 36.4 Å². The van der Waals surface area contributed by atoms with Crippen LogP contribution in [0.3, 0.4) is 0 Å². The van der Waals surface area contributed by atoms with Crippen LogP contribution in [0.15, 0.2) is 60.7 Å². The molecule has 0 amide bonds. The molecule has 0 aromatic heterocycles. The van der Waals surface area contributed by atoms with E-state index in [2.05, 4.69) is 38.1 Å². The van der Waals surface area contributed by atoms with Gasteiger partial charge in [-0.25, -0.2) is 0 Å². The first-order valence-corrected chi connectivity index (χ1v) is 11.1. The van der Waals surface area contributed by atoms with E-state index in [4.69, 9.17) is 0 Å². The van der Waals surface area contributed by atoms with Crippen molar-refractivity contribution in [1.29, 1.82) is 0 Å². The molecule has 30 heavy (non-hydrogen) atoms. The number of hydrogen-bond donors (Lipinski definition) is 2. The van der Waals surface area contributed by atoms with Crippen LogP contribution < -0.4 is 0 Å². The van der Waals surface area contributed by atoms with Gasteiger partial charge < -0.3 is 10.2 Å². The van der Waals surface area contributed by atoms with Gasteiger partial charge in [0.05, 0.1) is 0 Å². The first-order valence-electron chi connectivity index (χ1n) is 11.1. The number of fused-ring (bicyclic) bond motifs is 2. The second-order valence-corrected chi connectivity index (χ2v) is 8.17. The van der Waals surface area contributed by atoms with E-state index in [0.29, 0.717) is 11.5 Å². The number of aryl methyl sites for hydroxylation is 2. The Bertz CT molecular complexity index is 1100. The lowest BCUT2D eigenvalue weighted by atomic mass is 9.87. The summed E-state index contributed by atoms with van der Waals surface area (Å²) in [6.45, 7) is 4.32. The van der Waals surface area contributed by atoms with Gasteiger partial charge in [0.2, 0.25) is 0 Å². The largest absolute Gasteiger partial charge is 0.507 e. The maximum atomic E-state index is 11.4. The zero-order valence-corrected chi connectivity index (χ0v) is 17.9. The molecule has 0 spiro atoms. The average Bonchev–Trinajstić information content (AvgIpc) is 2.77. The van der Waals surface area contributed by atoms with E-state index in [9.17, 15) is 10.2 Å². The summed E-state index contributed by atoms with van der Waals surface area (Å²) in [5, 5.41) is 27.0. The maximum Gasteiger partial charge on any atom is 0.127 e. The molecular weight excluding hydrogens is 368 g/mol. The quantitative estimate of drug-likeness (QED) is 0.334. The van der Waals surface area contributed by atoms with Gasteiger partial charge in [-0.05, 0) is 70.5 Å². The zero-order chi connectivity index (χ0) is 21.1. The Morgan fingerprint density at radius 3 is 1.40 bits per heavy atom. The molecule has 0 unspecified atom stereocenters. The second kappa shape index (κ2) is 8.79. The highest BCUT2D eigenvalue weighted by atomic mass is 16.3. The van der Waals surface area contributed by atoms with Crippen molar-refractivity contribution in [3.63, 3.8) is 0 Å². The molecule has 154 valence electrons. The van der Waals surface area contributed by atoms with Crippen LogP contribution in [0.2, 0.25) is 0 Å². The number of aromatic hydroxyl groups is 2. The van der Waals surface area contributed by atoms with Gasteiger partial charge in [-0.2, -0.15) is 0 Å². The monoisotopic (exact) mass is 398 g/mol. The number of unbranched alkanes of at least 4 members (excludes halogenated alkanes) is 2. The smallest absolute Gasteiger partial charge is 0.127 e. The number of rotatable bonds is 7. The maximum absolute atomic E-state index is 11.4. The Morgan fingerprint density at radius 1 is 0.600 bits per heavy atom. The molecule has 0 aliphatic carbocycles. The molecule has 2 heteroatoms. The van der Waals surface area contributed by atoms with E-state index in [1.54, 1.807) is 0 Å². The molecule has 0 fully saturated rings. The summed E-state index contributed by atoms with van der Waals surface area (Å²) in [5.74, 6) is 0.602. The Balaban J connectivity index is 2.09. The van der Waals surface area contributed by atoms with Crippen LogP contribution in [-0.2, 0) is 12.8 Å². The normalized spacial score (nSPS) is 11.4. The lowest BCUT2D eigenvalue weighted by molar-refractivity contribution is 0.462. The summed E-state index contributed by atoms with van der Waals surface area (Å²) in [6, 6.07) is 20.5. The molecule has 0 saturated heterocycles. The number of benzene rings is 4. The highest BCUT2D eigenvalue weighted by molar-refractivity contribution is 6.10. The molecular formula is C28H30O2. The van der Waals surface area contributed by atoms with Gasteiger partial charge in [-0.1, -0.05) is 75.2 Å². The van der Waals surface area contributed by atoms with Gasteiger partial charge in [-0.15, -0.1) is 0 Å². The van der Waals surface area contributed by atoms with Crippen LogP contribution in [0, 0.1) is 0 Å². The van der Waals surface area contributed by atoms with E-state index in [-0.39, 0.29) is 0 Å². The molecule has 0 radical (unpaired) electrons. The molecule has 0 heterocycles. The van der Waals surface area contributed by atoms with Crippen LogP contribution in [0.25, 0.3) is 32.7 Å². The van der Waals surface area contributed by atoms with Crippen molar-refractivity contribution in [2.45, 2.75) is 52.4 Å². The first-order chi connectivity index (χ1) is 14.7. The van der Waals surface area contributed by atoms with Crippen molar-refractivity contribution in [2.75, 3.05) is 0 Å². The highest BCUT2D eigenvalue weighted by Gasteiger charge is 2.21. The second-order valence-electron chi connectivity index (χ2n) is 8.17. The summed E-state index contributed by atoms with van der Waals surface area (Å²) >= 11 is 0. The van der Waals surface area contributed by atoms with Crippen LogP contribution in [0.4, 0.5) is 0 Å². The molecule has 4 aromatic rings. The van der Waals surface area contributed by atoms with Crippen molar-refractivity contribution in [2.24, 2.45) is 0 Å². The molecule has 0 aliphatic heterocycles. The van der Waals surface area contributed by atoms with Crippen LogP contribution in [0.5, 0.6) is 11.5 Å². The van der Waals surface area contributed by atoms with Crippen molar-refractivity contribution in [3.05, 3.63) is 71.8 Å². The fourth-order valence-corrected chi connectivity index (χ4v) is 4.41. The third-order valence-electron chi connectivity index (χ3n) is 6.05. The lowest BCUT2D eigenvalue weighted by Crippen LogP contribution is -1.95. The third kappa shape index (κ3) is 3.63. The number of hydrogen-bond acceptors (Lipinski definition) is 2. The summed E-state index contributed by atoms with van der Waals surface area (Å²) in [4.78, 5) is 0. The Hall–Kier alpha value is -3.00. The van der Waals surface area contributed by atoms with Gasteiger partial charge >= 0.3 is 0 Å². The standard InChI is InChI=1S/C28H30O2/c1-3-5-11-21-17-19-13-7-9-15-23(19)25(27(21)29)26-24-16-10-8-14-20(24)18-22(28(26)30)12-6-4-2/h7-10,13-18,29-30H,3-6,11-12H2,1-2H3. The fourth-order valence-electron chi connectivity index (χ4n) is 4.41. The van der Waals surface area contributed by atoms with Crippen molar-refractivity contribution < 1.29 is 10.2 Å². The molecule has 0 atom stereocenters. The minimum atomic E-state index is 0.301. The van der Waals surface area contributed by atoms with Crippen LogP contribution in [-0.4, -0.2) is 10.2 Å². The van der Waals surface area contributed by atoms with E-state index < -0.39 is 0 Å².